The van der Waals surface area contributed by atoms with E-state index in [1.54, 1.807) is 28.5 Å². The van der Waals surface area contributed by atoms with Crippen LogP contribution in [0.2, 0.25) is 0 Å². The SMILES string of the molecule is Cc1c(NC(C(=O)NC2CC2)c2ccc(F)cc2)c(=O)n(-c2ccccc2)n1C. The standard InChI is InChI=1S/C22H23FN4O2/c1-14-19(22(29)27(26(14)2)18-6-4-3-5-7-18)25-20(21(28)24-17-12-13-17)15-8-10-16(23)11-9-15/h3-11,17,20,25H,12-13H2,1-2H3,(H,24,28). The van der Waals surface area contributed by atoms with Gasteiger partial charge in [0.2, 0.25) is 5.91 Å². The van der Waals surface area contributed by atoms with Gasteiger partial charge in [-0.2, -0.15) is 0 Å². The van der Waals surface area contributed by atoms with Crippen LogP contribution in [0.5, 0.6) is 0 Å². The molecule has 0 spiro atoms. The summed E-state index contributed by atoms with van der Waals surface area (Å²) in [5.41, 5.74) is 2.12. The van der Waals surface area contributed by atoms with Gasteiger partial charge in [0.25, 0.3) is 5.56 Å². The van der Waals surface area contributed by atoms with Crippen molar-refractivity contribution in [1.82, 2.24) is 14.7 Å². The Labute approximate surface area is 167 Å². The third kappa shape index (κ3) is 3.81. The summed E-state index contributed by atoms with van der Waals surface area (Å²) in [7, 11) is 1.80. The van der Waals surface area contributed by atoms with E-state index in [0.717, 1.165) is 18.5 Å². The Kier molecular flexibility index (Phi) is 4.96. The zero-order chi connectivity index (χ0) is 20.5. The summed E-state index contributed by atoms with van der Waals surface area (Å²) >= 11 is 0. The Morgan fingerprint density at radius 2 is 1.76 bits per heavy atom. The summed E-state index contributed by atoms with van der Waals surface area (Å²) in [5, 5.41) is 6.10. The molecule has 6 nitrogen and oxygen atoms in total. The Morgan fingerprint density at radius 3 is 2.38 bits per heavy atom. The predicted octanol–water partition coefficient (Wildman–Crippen LogP) is 3.06. The molecule has 1 amide bonds. The fraction of sp³-hybridized carbons (Fsp3) is 0.273. The largest absolute Gasteiger partial charge is 0.364 e. The summed E-state index contributed by atoms with van der Waals surface area (Å²) in [4.78, 5) is 26.1. The highest BCUT2D eigenvalue weighted by Crippen LogP contribution is 2.25. The normalized spacial score (nSPS) is 14.4. The van der Waals surface area contributed by atoms with Gasteiger partial charge in [-0.3, -0.25) is 14.3 Å². The number of nitrogens with one attached hydrogen (secondary N) is 2. The van der Waals surface area contributed by atoms with Crippen molar-refractivity contribution >= 4 is 11.6 Å². The van der Waals surface area contributed by atoms with Crippen LogP contribution in [0.3, 0.4) is 0 Å². The van der Waals surface area contributed by atoms with E-state index in [-0.39, 0.29) is 23.3 Å². The Hall–Kier alpha value is -3.35. The summed E-state index contributed by atoms with van der Waals surface area (Å²) in [5.74, 6) is -0.606. The van der Waals surface area contributed by atoms with E-state index in [9.17, 15) is 14.0 Å². The molecule has 0 aliphatic heterocycles. The molecule has 7 heteroatoms. The van der Waals surface area contributed by atoms with E-state index in [2.05, 4.69) is 10.6 Å². The molecular formula is C22H23FN4O2. The van der Waals surface area contributed by atoms with Crippen LogP contribution in [0.25, 0.3) is 5.69 Å². The number of carbonyl (C=O) groups excluding carboxylic acids is 1. The van der Waals surface area contributed by atoms with Crippen molar-refractivity contribution in [3.8, 4) is 5.69 Å². The Balaban J connectivity index is 1.73. The first-order chi connectivity index (χ1) is 14.0. The summed E-state index contributed by atoms with van der Waals surface area (Å²) < 4.78 is 16.7. The van der Waals surface area contributed by atoms with Crippen molar-refractivity contribution in [3.05, 3.63) is 82.0 Å². The number of amides is 1. The molecule has 1 fully saturated rings. The zero-order valence-corrected chi connectivity index (χ0v) is 16.4. The number of halogens is 1. The number of hydrogen-bond acceptors (Lipinski definition) is 3. The lowest BCUT2D eigenvalue weighted by atomic mass is 10.1. The minimum Gasteiger partial charge on any atom is -0.364 e. The van der Waals surface area contributed by atoms with Gasteiger partial charge in [-0.05, 0) is 49.6 Å². The second kappa shape index (κ2) is 7.58. The highest BCUT2D eigenvalue weighted by molar-refractivity contribution is 5.86. The molecule has 1 heterocycles. The molecule has 2 N–H and O–H groups in total. The maximum atomic E-state index is 13.4. The van der Waals surface area contributed by atoms with Crippen LogP contribution in [0.15, 0.2) is 59.4 Å². The number of nitrogens with zero attached hydrogens (tertiary/aromatic N) is 2. The second-order valence-corrected chi connectivity index (χ2v) is 7.35. The lowest BCUT2D eigenvalue weighted by Gasteiger charge is -2.19. The molecule has 0 radical (unpaired) electrons. The average Bonchev–Trinajstić information content (AvgIpc) is 3.50. The molecule has 0 bridgehead atoms. The number of hydrogen-bond donors (Lipinski definition) is 2. The highest BCUT2D eigenvalue weighted by atomic mass is 19.1. The first-order valence-electron chi connectivity index (χ1n) is 9.62. The van der Waals surface area contributed by atoms with E-state index in [1.807, 2.05) is 37.3 Å². The molecule has 1 aliphatic rings. The predicted molar refractivity (Wildman–Crippen MR) is 110 cm³/mol. The number of carbonyl (C=O) groups is 1. The third-order valence-corrected chi connectivity index (χ3v) is 5.23. The van der Waals surface area contributed by atoms with Crippen molar-refractivity contribution in [1.29, 1.82) is 0 Å². The van der Waals surface area contributed by atoms with Gasteiger partial charge in [0.1, 0.15) is 17.5 Å². The molecular weight excluding hydrogens is 371 g/mol. The van der Waals surface area contributed by atoms with E-state index in [4.69, 9.17) is 0 Å². The van der Waals surface area contributed by atoms with Crippen LogP contribution >= 0.6 is 0 Å². The third-order valence-electron chi connectivity index (χ3n) is 5.23. The van der Waals surface area contributed by atoms with Gasteiger partial charge in [-0.25, -0.2) is 9.07 Å². The van der Waals surface area contributed by atoms with Crippen LogP contribution in [-0.4, -0.2) is 21.3 Å². The van der Waals surface area contributed by atoms with Crippen LogP contribution < -0.4 is 16.2 Å². The minimum absolute atomic E-state index is 0.171. The fourth-order valence-corrected chi connectivity index (χ4v) is 3.35. The number of anilines is 1. The molecule has 2 aromatic carbocycles. The maximum absolute atomic E-state index is 13.4. The van der Waals surface area contributed by atoms with E-state index >= 15 is 0 Å². The van der Waals surface area contributed by atoms with Gasteiger partial charge in [0.15, 0.2) is 0 Å². The zero-order valence-electron chi connectivity index (χ0n) is 16.4. The van der Waals surface area contributed by atoms with Crippen molar-refractivity contribution in [2.45, 2.75) is 31.8 Å². The summed E-state index contributed by atoms with van der Waals surface area (Å²) in [6, 6.07) is 14.4. The molecule has 3 aromatic rings. The Morgan fingerprint density at radius 1 is 1.10 bits per heavy atom. The topological polar surface area (TPSA) is 68.1 Å². The highest BCUT2D eigenvalue weighted by Gasteiger charge is 2.30. The van der Waals surface area contributed by atoms with Crippen molar-refractivity contribution in [2.24, 2.45) is 7.05 Å². The molecule has 1 unspecified atom stereocenters. The smallest absolute Gasteiger partial charge is 0.295 e. The van der Waals surface area contributed by atoms with Gasteiger partial charge in [-0.15, -0.1) is 0 Å². The lowest BCUT2D eigenvalue weighted by molar-refractivity contribution is -0.122. The quantitative estimate of drug-likeness (QED) is 0.675. The van der Waals surface area contributed by atoms with Gasteiger partial charge >= 0.3 is 0 Å². The molecule has 1 aromatic heterocycles. The number of rotatable bonds is 6. The van der Waals surface area contributed by atoms with Gasteiger partial charge in [0.05, 0.1) is 11.4 Å². The minimum atomic E-state index is -0.797. The van der Waals surface area contributed by atoms with E-state index < -0.39 is 6.04 Å². The molecule has 1 atom stereocenters. The summed E-state index contributed by atoms with van der Waals surface area (Å²) in [6.07, 6.45) is 1.90. The van der Waals surface area contributed by atoms with Crippen molar-refractivity contribution in [3.63, 3.8) is 0 Å². The van der Waals surface area contributed by atoms with Crippen LogP contribution in [0, 0.1) is 12.7 Å². The second-order valence-electron chi connectivity index (χ2n) is 7.35. The number of aromatic nitrogens is 2. The van der Waals surface area contributed by atoms with E-state index in [1.165, 1.54) is 12.1 Å². The first kappa shape index (κ1) is 19.0. The number of benzene rings is 2. The van der Waals surface area contributed by atoms with Gasteiger partial charge < -0.3 is 10.6 Å². The number of para-hydroxylation sites is 1. The Bertz CT molecular complexity index is 1080. The molecule has 4 rings (SSSR count). The van der Waals surface area contributed by atoms with Crippen molar-refractivity contribution < 1.29 is 9.18 Å². The van der Waals surface area contributed by atoms with Crippen LogP contribution in [0.1, 0.15) is 30.1 Å². The molecule has 1 aliphatic carbocycles. The van der Waals surface area contributed by atoms with E-state index in [0.29, 0.717) is 16.9 Å². The average molecular weight is 394 g/mol. The van der Waals surface area contributed by atoms with Gasteiger partial charge in [-0.1, -0.05) is 30.3 Å². The van der Waals surface area contributed by atoms with Crippen LogP contribution in [0.4, 0.5) is 10.1 Å². The monoisotopic (exact) mass is 394 g/mol. The summed E-state index contributed by atoms with van der Waals surface area (Å²) in [6.45, 7) is 1.82. The molecule has 1 saturated carbocycles. The lowest BCUT2D eigenvalue weighted by Crippen LogP contribution is -2.36. The molecule has 0 saturated heterocycles. The molecule has 150 valence electrons. The van der Waals surface area contributed by atoms with Crippen molar-refractivity contribution in [2.75, 3.05) is 5.32 Å². The maximum Gasteiger partial charge on any atom is 0.295 e. The van der Waals surface area contributed by atoms with Crippen LogP contribution in [-0.2, 0) is 11.8 Å². The molecule has 29 heavy (non-hydrogen) atoms. The first-order valence-corrected chi connectivity index (χ1v) is 9.62. The van der Waals surface area contributed by atoms with Gasteiger partial charge in [0, 0.05) is 13.1 Å². The fourth-order valence-electron chi connectivity index (χ4n) is 3.35.